The van der Waals surface area contributed by atoms with Gasteiger partial charge in [-0.25, -0.2) is 0 Å². The van der Waals surface area contributed by atoms with Crippen LogP contribution >= 0.6 is 23.2 Å². The number of hydrogen-bond acceptors (Lipinski definition) is 3. The Morgan fingerprint density at radius 2 is 2.10 bits per heavy atom. The topological polar surface area (TPSA) is 23.6 Å². The van der Waals surface area contributed by atoms with E-state index in [4.69, 9.17) is 23.2 Å². The Balaban J connectivity index is 2.11. The van der Waals surface area contributed by atoms with Gasteiger partial charge in [0, 0.05) is 23.2 Å². The van der Waals surface area contributed by atoms with Crippen LogP contribution in [0, 0.1) is 0 Å². The summed E-state index contributed by atoms with van der Waals surface area (Å²) in [6.07, 6.45) is 2.31. The lowest BCUT2D eigenvalue weighted by Gasteiger charge is -2.38. The van der Waals surface area contributed by atoms with Crippen LogP contribution in [0.5, 0.6) is 0 Å². The predicted octanol–water partition coefficient (Wildman–Crippen LogP) is 3.59. The van der Waals surface area contributed by atoms with Gasteiger partial charge in [-0.05, 0) is 58.6 Å². The Morgan fingerprint density at radius 3 is 2.71 bits per heavy atom. The van der Waals surface area contributed by atoms with Gasteiger partial charge in [0.05, 0.1) is 11.1 Å². The Kier molecular flexibility index (Phi) is 5.67. The van der Waals surface area contributed by atoms with Gasteiger partial charge in [-0.15, -0.1) is 0 Å². The fourth-order valence-corrected chi connectivity index (χ4v) is 3.34. The molecule has 3 nitrogen and oxygen atoms in total. The minimum Gasteiger partial charge on any atom is -0.305 e. The van der Waals surface area contributed by atoms with E-state index in [0.717, 1.165) is 19.5 Å². The minimum atomic E-state index is -0.161. The second-order valence-corrected chi connectivity index (χ2v) is 6.76. The molecule has 2 unspecified atom stereocenters. The molecule has 1 aromatic rings. The fraction of sp³-hybridized carbons (Fsp3) is 0.562. The van der Waals surface area contributed by atoms with Gasteiger partial charge in [-0.3, -0.25) is 9.69 Å². The van der Waals surface area contributed by atoms with Gasteiger partial charge in [-0.1, -0.05) is 23.2 Å². The van der Waals surface area contributed by atoms with Gasteiger partial charge >= 0.3 is 0 Å². The van der Waals surface area contributed by atoms with E-state index in [1.54, 1.807) is 18.2 Å². The molecule has 0 radical (unpaired) electrons. The molecule has 1 fully saturated rings. The lowest BCUT2D eigenvalue weighted by Crippen LogP contribution is -2.50. The van der Waals surface area contributed by atoms with Crippen LogP contribution < -0.4 is 0 Å². The number of likely N-dealkylation sites (N-methyl/N-ethyl adjacent to an activating group) is 1. The second kappa shape index (κ2) is 7.10. The monoisotopic (exact) mass is 328 g/mol. The van der Waals surface area contributed by atoms with Gasteiger partial charge < -0.3 is 4.90 Å². The highest BCUT2D eigenvalue weighted by molar-refractivity contribution is 6.37. The van der Waals surface area contributed by atoms with Crippen LogP contribution in [-0.2, 0) is 0 Å². The van der Waals surface area contributed by atoms with Crippen molar-refractivity contribution in [3.8, 4) is 0 Å². The van der Waals surface area contributed by atoms with Crippen molar-refractivity contribution in [1.29, 1.82) is 0 Å². The molecule has 5 heteroatoms. The molecule has 0 N–H and O–H groups in total. The van der Waals surface area contributed by atoms with E-state index in [-0.39, 0.29) is 11.8 Å². The summed E-state index contributed by atoms with van der Waals surface area (Å²) in [7, 11) is 4.19. The van der Waals surface area contributed by atoms with E-state index in [0.29, 0.717) is 21.7 Å². The molecule has 2 atom stereocenters. The number of halogens is 2. The molecule has 2 rings (SSSR count). The molecular weight excluding hydrogens is 307 g/mol. The van der Waals surface area contributed by atoms with Crippen molar-refractivity contribution in [2.45, 2.75) is 31.8 Å². The smallest absolute Gasteiger partial charge is 0.181 e. The van der Waals surface area contributed by atoms with E-state index in [2.05, 4.69) is 23.9 Å². The van der Waals surface area contributed by atoms with Crippen molar-refractivity contribution in [3.63, 3.8) is 0 Å². The summed E-state index contributed by atoms with van der Waals surface area (Å²) in [4.78, 5) is 17.2. The average molecular weight is 329 g/mol. The number of nitrogens with zero attached hydrogens (tertiary/aromatic N) is 2. The zero-order valence-corrected chi connectivity index (χ0v) is 14.3. The Labute approximate surface area is 136 Å². The summed E-state index contributed by atoms with van der Waals surface area (Å²) in [5, 5.41) is 0.982. The van der Waals surface area contributed by atoms with E-state index in [1.807, 2.05) is 6.92 Å². The number of hydrogen-bond donors (Lipinski definition) is 0. The Morgan fingerprint density at radius 1 is 1.38 bits per heavy atom. The summed E-state index contributed by atoms with van der Waals surface area (Å²) < 4.78 is 0. The lowest BCUT2D eigenvalue weighted by molar-refractivity contribution is 0.0698. The molecule has 0 saturated carbocycles. The van der Waals surface area contributed by atoms with Crippen molar-refractivity contribution >= 4 is 29.0 Å². The average Bonchev–Trinajstić information content (AvgIpc) is 2.46. The maximum Gasteiger partial charge on any atom is 0.181 e. The SMILES string of the molecule is CC(C(=O)c1ccc(Cl)cc1Cl)N1CCCC(N(C)C)C1. The molecule has 1 aromatic carbocycles. The first kappa shape index (κ1) is 16.8. The number of carbonyl (C=O) groups excluding carboxylic acids is 1. The Bertz CT molecular complexity index is 519. The standard InChI is InChI=1S/C16H22Cl2N2O/c1-11(20-8-4-5-13(10-20)19(2)3)16(21)14-7-6-12(17)9-15(14)18/h6-7,9,11,13H,4-5,8,10H2,1-3H3. The maximum atomic E-state index is 12.7. The van der Waals surface area contributed by atoms with Crippen LogP contribution in [0.1, 0.15) is 30.1 Å². The predicted molar refractivity (Wildman–Crippen MR) is 88.5 cm³/mol. The molecule has 0 aromatic heterocycles. The van der Waals surface area contributed by atoms with Crippen LogP contribution in [0.4, 0.5) is 0 Å². The zero-order valence-electron chi connectivity index (χ0n) is 12.8. The normalized spacial score (nSPS) is 21.5. The zero-order chi connectivity index (χ0) is 15.6. The van der Waals surface area contributed by atoms with Gasteiger partial charge in [0.25, 0.3) is 0 Å². The summed E-state index contributed by atoms with van der Waals surface area (Å²) in [6.45, 7) is 3.85. The van der Waals surface area contributed by atoms with Gasteiger partial charge in [0.1, 0.15) is 0 Å². The third kappa shape index (κ3) is 3.98. The molecule has 0 spiro atoms. The number of carbonyl (C=O) groups is 1. The lowest BCUT2D eigenvalue weighted by atomic mass is 9.99. The van der Waals surface area contributed by atoms with Crippen molar-refractivity contribution in [2.75, 3.05) is 27.2 Å². The van der Waals surface area contributed by atoms with Gasteiger partial charge in [0.15, 0.2) is 5.78 Å². The van der Waals surface area contributed by atoms with Crippen molar-refractivity contribution in [2.24, 2.45) is 0 Å². The van der Waals surface area contributed by atoms with Crippen LogP contribution in [0.25, 0.3) is 0 Å². The first-order valence-corrected chi connectivity index (χ1v) is 8.05. The number of piperidine rings is 1. The summed E-state index contributed by atoms with van der Waals surface area (Å²) in [5.41, 5.74) is 0.556. The molecule has 1 aliphatic rings. The number of benzene rings is 1. The van der Waals surface area contributed by atoms with Gasteiger partial charge in [-0.2, -0.15) is 0 Å². The van der Waals surface area contributed by atoms with Crippen LogP contribution in [0.15, 0.2) is 18.2 Å². The minimum absolute atomic E-state index is 0.0658. The number of ketones is 1. The first-order valence-electron chi connectivity index (χ1n) is 7.30. The number of likely N-dealkylation sites (tertiary alicyclic amines) is 1. The molecule has 0 amide bonds. The molecule has 1 aliphatic heterocycles. The Hall–Kier alpha value is -0.610. The number of rotatable bonds is 4. The van der Waals surface area contributed by atoms with E-state index in [9.17, 15) is 4.79 Å². The molecule has 0 aliphatic carbocycles. The highest BCUT2D eigenvalue weighted by Crippen LogP contribution is 2.24. The first-order chi connectivity index (χ1) is 9.90. The second-order valence-electron chi connectivity index (χ2n) is 5.92. The third-order valence-electron chi connectivity index (χ3n) is 4.28. The molecule has 1 heterocycles. The molecule has 21 heavy (non-hydrogen) atoms. The molecular formula is C16H22Cl2N2O. The van der Waals surface area contributed by atoms with E-state index in [1.165, 1.54) is 6.42 Å². The quantitative estimate of drug-likeness (QED) is 0.789. The molecule has 1 saturated heterocycles. The van der Waals surface area contributed by atoms with Crippen molar-refractivity contribution in [1.82, 2.24) is 9.80 Å². The van der Waals surface area contributed by atoms with Gasteiger partial charge in [0.2, 0.25) is 0 Å². The molecule has 0 bridgehead atoms. The van der Waals surface area contributed by atoms with Crippen LogP contribution in [0.3, 0.4) is 0 Å². The van der Waals surface area contributed by atoms with Crippen molar-refractivity contribution < 1.29 is 4.79 Å². The summed E-state index contributed by atoms with van der Waals surface area (Å²) in [6, 6.07) is 5.41. The van der Waals surface area contributed by atoms with Crippen LogP contribution in [0.2, 0.25) is 10.0 Å². The molecule has 116 valence electrons. The highest BCUT2D eigenvalue weighted by atomic mass is 35.5. The maximum absolute atomic E-state index is 12.7. The fourth-order valence-electron chi connectivity index (χ4n) is 2.84. The van der Waals surface area contributed by atoms with Crippen LogP contribution in [-0.4, -0.2) is 54.9 Å². The largest absolute Gasteiger partial charge is 0.305 e. The summed E-state index contributed by atoms with van der Waals surface area (Å²) in [5.74, 6) is 0.0658. The van der Waals surface area contributed by atoms with E-state index < -0.39 is 0 Å². The van der Waals surface area contributed by atoms with Crippen molar-refractivity contribution in [3.05, 3.63) is 33.8 Å². The van der Waals surface area contributed by atoms with E-state index >= 15 is 0 Å². The third-order valence-corrected chi connectivity index (χ3v) is 4.83. The summed E-state index contributed by atoms with van der Waals surface area (Å²) >= 11 is 12.0. The number of Topliss-reactive ketones (excluding diaryl/α,β-unsaturated/α-hetero) is 1. The highest BCUT2D eigenvalue weighted by Gasteiger charge is 2.29.